The van der Waals surface area contributed by atoms with Gasteiger partial charge in [-0.2, -0.15) is 0 Å². The van der Waals surface area contributed by atoms with Gasteiger partial charge in [0.2, 0.25) is 0 Å². The van der Waals surface area contributed by atoms with E-state index >= 15 is 0 Å². The first-order chi connectivity index (χ1) is 8.50. The number of aromatic nitrogens is 1. The molecule has 0 bridgehead atoms. The van der Waals surface area contributed by atoms with Crippen molar-refractivity contribution >= 4 is 11.9 Å². The van der Waals surface area contributed by atoms with Crippen LogP contribution in [0.25, 0.3) is 0 Å². The minimum Gasteiger partial charge on any atom is -0.477 e. The van der Waals surface area contributed by atoms with Crippen LogP contribution in [0.3, 0.4) is 0 Å². The fraction of sp³-hybridized carbons (Fsp3) is 0.462. The van der Waals surface area contributed by atoms with E-state index in [1.54, 1.807) is 0 Å². The summed E-state index contributed by atoms with van der Waals surface area (Å²) < 4.78 is 0. The van der Waals surface area contributed by atoms with Crippen molar-refractivity contribution in [3.8, 4) is 0 Å². The third-order valence-electron chi connectivity index (χ3n) is 3.36. The third kappa shape index (κ3) is 3.06. The van der Waals surface area contributed by atoms with E-state index in [4.69, 9.17) is 5.11 Å². The van der Waals surface area contributed by atoms with Gasteiger partial charge in [-0.1, -0.05) is 6.92 Å². The molecule has 1 saturated carbocycles. The van der Waals surface area contributed by atoms with Crippen LogP contribution in [0.15, 0.2) is 18.3 Å². The quantitative estimate of drug-likeness (QED) is 0.831. The molecule has 0 spiro atoms. The number of aromatic carboxylic acids is 1. The number of hydrogen-bond acceptors (Lipinski definition) is 3. The molecule has 1 fully saturated rings. The van der Waals surface area contributed by atoms with Crippen LogP contribution in [0.4, 0.5) is 0 Å². The number of carbonyl (C=O) groups excluding carboxylic acids is 1. The number of nitrogens with one attached hydrogen (secondary N) is 1. The highest BCUT2D eigenvalue weighted by molar-refractivity contribution is 5.94. The Labute approximate surface area is 105 Å². The van der Waals surface area contributed by atoms with E-state index in [1.807, 2.05) is 0 Å². The maximum atomic E-state index is 11.7. The Balaban J connectivity index is 1.86. The van der Waals surface area contributed by atoms with Crippen LogP contribution >= 0.6 is 0 Å². The van der Waals surface area contributed by atoms with Gasteiger partial charge in [0.05, 0.1) is 5.56 Å². The fourth-order valence-electron chi connectivity index (χ4n) is 1.70. The zero-order valence-electron chi connectivity index (χ0n) is 10.3. The maximum absolute atomic E-state index is 11.7. The normalized spacial score (nSPS) is 16.1. The molecule has 0 unspecified atom stereocenters. The Kier molecular flexibility index (Phi) is 3.32. The Morgan fingerprint density at radius 3 is 2.67 bits per heavy atom. The molecule has 1 aromatic heterocycles. The summed E-state index contributed by atoms with van der Waals surface area (Å²) >= 11 is 0. The van der Waals surface area contributed by atoms with Crippen LogP contribution in [-0.2, 0) is 0 Å². The molecule has 1 aliphatic carbocycles. The highest BCUT2D eigenvalue weighted by Crippen LogP contribution is 2.47. The van der Waals surface area contributed by atoms with Gasteiger partial charge in [0.15, 0.2) is 0 Å². The van der Waals surface area contributed by atoms with Crippen molar-refractivity contribution in [1.29, 1.82) is 0 Å². The van der Waals surface area contributed by atoms with E-state index in [0.717, 1.165) is 6.42 Å². The zero-order chi connectivity index (χ0) is 13.2. The molecule has 5 heteroatoms. The van der Waals surface area contributed by atoms with E-state index in [1.165, 1.54) is 31.2 Å². The Morgan fingerprint density at radius 2 is 2.17 bits per heavy atom. The lowest BCUT2D eigenvalue weighted by Gasteiger charge is -2.09. The molecular formula is C13H16N2O3. The second-order valence-corrected chi connectivity index (χ2v) is 5.05. The van der Waals surface area contributed by atoms with E-state index in [-0.39, 0.29) is 11.6 Å². The van der Waals surface area contributed by atoms with E-state index in [2.05, 4.69) is 17.2 Å². The van der Waals surface area contributed by atoms with Crippen LogP contribution in [-0.4, -0.2) is 28.5 Å². The van der Waals surface area contributed by atoms with E-state index in [0.29, 0.717) is 17.5 Å². The molecule has 1 amide bonds. The van der Waals surface area contributed by atoms with Crippen LogP contribution in [0.1, 0.15) is 47.0 Å². The van der Waals surface area contributed by atoms with Gasteiger partial charge in [-0.3, -0.25) is 4.79 Å². The Bertz CT molecular complexity index is 464. The molecule has 1 aromatic rings. The number of carboxylic acids is 1. The van der Waals surface area contributed by atoms with Crippen molar-refractivity contribution < 1.29 is 14.7 Å². The van der Waals surface area contributed by atoms with Crippen LogP contribution < -0.4 is 5.32 Å². The minimum atomic E-state index is -1.09. The van der Waals surface area contributed by atoms with Crippen molar-refractivity contribution in [3.63, 3.8) is 0 Å². The molecule has 0 aromatic carbocycles. The molecular weight excluding hydrogens is 232 g/mol. The lowest BCUT2D eigenvalue weighted by molar-refractivity contribution is 0.0689. The molecule has 0 aliphatic heterocycles. The van der Waals surface area contributed by atoms with Crippen LogP contribution in [0.5, 0.6) is 0 Å². The lowest BCUT2D eigenvalue weighted by Crippen LogP contribution is -2.26. The van der Waals surface area contributed by atoms with Crippen molar-refractivity contribution in [3.05, 3.63) is 29.6 Å². The number of hydrogen-bond donors (Lipinski definition) is 2. The van der Waals surface area contributed by atoms with Crippen molar-refractivity contribution in [2.24, 2.45) is 5.41 Å². The predicted molar refractivity (Wildman–Crippen MR) is 65.5 cm³/mol. The van der Waals surface area contributed by atoms with Crippen molar-refractivity contribution in [2.75, 3.05) is 6.54 Å². The topological polar surface area (TPSA) is 79.3 Å². The molecule has 1 aliphatic rings. The number of amides is 1. The summed E-state index contributed by atoms with van der Waals surface area (Å²) in [5.74, 6) is -1.30. The molecule has 0 radical (unpaired) electrons. The number of nitrogens with zero attached hydrogens (tertiary/aromatic N) is 1. The molecule has 1 heterocycles. The summed E-state index contributed by atoms with van der Waals surface area (Å²) in [6.45, 7) is 2.86. The molecule has 18 heavy (non-hydrogen) atoms. The summed E-state index contributed by atoms with van der Waals surface area (Å²) in [6.07, 6.45) is 4.74. The van der Waals surface area contributed by atoms with Gasteiger partial charge in [0.25, 0.3) is 5.91 Å². The van der Waals surface area contributed by atoms with Gasteiger partial charge >= 0.3 is 5.97 Å². The maximum Gasteiger partial charge on any atom is 0.354 e. The predicted octanol–water partition coefficient (Wildman–Crippen LogP) is 1.70. The van der Waals surface area contributed by atoms with Gasteiger partial charge in [0.1, 0.15) is 5.69 Å². The van der Waals surface area contributed by atoms with Gasteiger partial charge in [-0.05, 0) is 36.8 Å². The number of rotatable bonds is 5. The highest BCUT2D eigenvalue weighted by atomic mass is 16.4. The number of carbonyl (C=O) groups is 2. The lowest BCUT2D eigenvalue weighted by atomic mass is 10.1. The molecule has 0 atom stereocenters. The molecule has 96 valence electrons. The van der Waals surface area contributed by atoms with Crippen LogP contribution in [0.2, 0.25) is 0 Å². The first-order valence-corrected chi connectivity index (χ1v) is 5.98. The zero-order valence-corrected chi connectivity index (χ0v) is 10.3. The SMILES string of the molecule is CC1(CCNC(=O)c2ccc(C(=O)O)nc2)CC1. The highest BCUT2D eigenvalue weighted by Gasteiger charge is 2.36. The monoisotopic (exact) mass is 248 g/mol. The summed E-state index contributed by atoms with van der Waals surface area (Å²) in [5, 5.41) is 11.5. The largest absolute Gasteiger partial charge is 0.477 e. The second-order valence-electron chi connectivity index (χ2n) is 5.05. The van der Waals surface area contributed by atoms with E-state index in [9.17, 15) is 9.59 Å². The van der Waals surface area contributed by atoms with Gasteiger partial charge < -0.3 is 10.4 Å². The van der Waals surface area contributed by atoms with Gasteiger partial charge in [-0.15, -0.1) is 0 Å². The van der Waals surface area contributed by atoms with Crippen molar-refractivity contribution in [1.82, 2.24) is 10.3 Å². The molecule has 5 nitrogen and oxygen atoms in total. The fourth-order valence-corrected chi connectivity index (χ4v) is 1.70. The molecule has 2 rings (SSSR count). The molecule has 0 saturated heterocycles. The molecule has 2 N–H and O–H groups in total. The minimum absolute atomic E-state index is 0.0583. The summed E-state index contributed by atoms with van der Waals surface area (Å²) in [6, 6.07) is 2.81. The smallest absolute Gasteiger partial charge is 0.354 e. The third-order valence-corrected chi connectivity index (χ3v) is 3.36. The first kappa shape index (κ1) is 12.5. The van der Waals surface area contributed by atoms with Gasteiger partial charge in [0, 0.05) is 12.7 Å². The van der Waals surface area contributed by atoms with Gasteiger partial charge in [-0.25, -0.2) is 9.78 Å². The standard InChI is InChI=1S/C13H16N2O3/c1-13(4-5-13)6-7-14-11(16)9-2-3-10(12(17)18)15-8-9/h2-3,8H,4-7H2,1H3,(H,14,16)(H,17,18). The summed E-state index contributed by atoms with van der Waals surface area (Å²) in [7, 11) is 0. The summed E-state index contributed by atoms with van der Waals surface area (Å²) in [5.41, 5.74) is 0.747. The first-order valence-electron chi connectivity index (χ1n) is 5.98. The average Bonchev–Trinajstić information content (AvgIpc) is 3.07. The average molecular weight is 248 g/mol. The van der Waals surface area contributed by atoms with Crippen molar-refractivity contribution in [2.45, 2.75) is 26.2 Å². The summed E-state index contributed by atoms with van der Waals surface area (Å²) in [4.78, 5) is 26.0. The van der Waals surface area contributed by atoms with Crippen LogP contribution in [0, 0.1) is 5.41 Å². The Hall–Kier alpha value is -1.91. The number of pyridine rings is 1. The second kappa shape index (κ2) is 4.76. The number of carboxylic acid groups (broad SMARTS) is 1. The Morgan fingerprint density at radius 1 is 1.44 bits per heavy atom. The van der Waals surface area contributed by atoms with E-state index < -0.39 is 5.97 Å².